The molecule has 0 fully saturated rings. The third kappa shape index (κ3) is 4.57. The lowest BCUT2D eigenvalue weighted by atomic mass is 10.2. The molecule has 0 amide bonds. The maximum absolute atomic E-state index is 11.9. The second-order valence-electron chi connectivity index (χ2n) is 4.66. The Kier molecular flexibility index (Phi) is 4.79. The summed E-state index contributed by atoms with van der Waals surface area (Å²) < 4.78 is 39.7. The molecule has 0 saturated carbocycles. The Morgan fingerprint density at radius 3 is 2.73 bits per heavy atom. The molecular weight excluding hydrogens is 301 g/mol. The molecule has 22 heavy (non-hydrogen) atoms. The summed E-state index contributed by atoms with van der Waals surface area (Å²) in [6.07, 6.45) is -4.20. The molecule has 8 heteroatoms. The van der Waals surface area contributed by atoms with Crippen LogP contribution in [-0.4, -0.2) is 28.7 Å². The number of hydrogen-bond donors (Lipinski definition) is 1. The first kappa shape index (κ1) is 16.0. The molecule has 0 radical (unpaired) electrons. The Hall–Kier alpha value is -2.38. The van der Waals surface area contributed by atoms with E-state index in [-0.39, 0.29) is 24.8 Å². The molecule has 2 aromatic rings. The number of esters is 1. The highest BCUT2D eigenvalue weighted by atomic mass is 19.4. The predicted molar refractivity (Wildman–Crippen MR) is 72.3 cm³/mol. The highest BCUT2D eigenvalue weighted by molar-refractivity contribution is 5.77. The van der Waals surface area contributed by atoms with E-state index in [1.807, 2.05) is 0 Å². The average Bonchev–Trinajstić information content (AvgIpc) is 2.44. The summed E-state index contributed by atoms with van der Waals surface area (Å²) in [5.41, 5.74) is 0.237. The smallest absolute Gasteiger partial charge is 0.422 e. The van der Waals surface area contributed by atoms with Gasteiger partial charge in [0.2, 0.25) is 0 Å². The van der Waals surface area contributed by atoms with Gasteiger partial charge < -0.3 is 9.72 Å². The van der Waals surface area contributed by atoms with Gasteiger partial charge >= 0.3 is 12.1 Å². The lowest BCUT2D eigenvalue weighted by molar-refractivity contribution is -0.186. The number of carbonyl (C=O) groups is 1. The number of fused-ring (bicyclic) bond motifs is 1. The number of nitrogens with zero attached hydrogens (tertiary/aromatic N) is 1. The zero-order valence-corrected chi connectivity index (χ0v) is 11.4. The number of rotatable bonds is 5. The number of carbonyl (C=O) groups excluding carboxylic acids is 1. The van der Waals surface area contributed by atoms with E-state index in [9.17, 15) is 22.8 Å². The van der Waals surface area contributed by atoms with Crippen molar-refractivity contribution in [2.75, 3.05) is 6.61 Å². The van der Waals surface area contributed by atoms with Crippen molar-refractivity contribution in [1.82, 2.24) is 9.97 Å². The first-order chi connectivity index (χ1) is 10.3. The van der Waals surface area contributed by atoms with E-state index in [2.05, 4.69) is 14.7 Å². The van der Waals surface area contributed by atoms with Crippen LogP contribution in [-0.2, 0) is 16.0 Å². The number of ether oxygens (including phenoxy) is 1. The Bertz CT molecular complexity index is 725. The van der Waals surface area contributed by atoms with Crippen LogP contribution in [0.1, 0.15) is 18.7 Å². The highest BCUT2D eigenvalue weighted by Crippen LogP contribution is 2.15. The molecule has 1 aromatic carbocycles. The van der Waals surface area contributed by atoms with Crippen molar-refractivity contribution >= 4 is 16.9 Å². The van der Waals surface area contributed by atoms with E-state index in [1.54, 1.807) is 24.3 Å². The molecule has 0 aliphatic heterocycles. The normalized spacial score (nSPS) is 11.6. The van der Waals surface area contributed by atoms with Gasteiger partial charge in [0.15, 0.2) is 6.61 Å². The molecule has 0 bridgehead atoms. The third-order valence-electron chi connectivity index (χ3n) is 2.85. The van der Waals surface area contributed by atoms with Gasteiger partial charge in [0, 0.05) is 12.8 Å². The number of H-pyrrole nitrogens is 1. The minimum absolute atomic E-state index is 0.174. The number of nitrogens with one attached hydrogen (secondary N) is 1. The summed E-state index contributed by atoms with van der Waals surface area (Å²) in [5, 5.41) is 0.454. The number of aromatic amines is 1. The molecule has 1 N–H and O–H groups in total. The van der Waals surface area contributed by atoms with E-state index < -0.39 is 18.8 Å². The molecule has 0 saturated heterocycles. The minimum Gasteiger partial charge on any atom is -0.456 e. The minimum atomic E-state index is -4.53. The second-order valence-corrected chi connectivity index (χ2v) is 4.66. The number of para-hydroxylation sites is 1. The molecule has 0 aliphatic carbocycles. The van der Waals surface area contributed by atoms with E-state index >= 15 is 0 Å². The number of halogens is 3. The molecule has 0 spiro atoms. The van der Waals surface area contributed by atoms with Crippen molar-refractivity contribution in [2.45, 2.75) is 25.4 Å². The van der Waals surface area contributed by atoms with Gasteiger partial charge in [-0.3, -0.25) is 9.59 Å². The van der Waals surface area contributed by atoms with Crippen molar-refractivity contribution in [1.29, 1.82) is 0 Å². The van der Waals surface area contributed by atoms with Crippen LogP contribution in [0.2, 0.25) is 0 Å². The van der Waals surface area contributed by atoms with Crippen molar-refractivity contribution in [3.05, 3.63) is 40.4 Å². The van der Waals surface area contributed by atoms with Gasteiger partial charge in [-0.15, -0.1) is 0 Å². The summed E-state index contributed by atoms with van der Waals surface area (Å²) in [5.74, 6) is -0.548. The van der Waals surface area contributed by atoms with Crippen LogP contribution >= 0.6 is 0 Å². The summed E-state index contributed by atoms with van der Waals surface area (Å²) in [6.45, 7) is -1.59. The van der Waals surface area contributed by atoms with Crippen molar-refractivity contribution in [3.63, 3.8) is 0 Å². The molecule has 2 rings (SSSR count). The Morgan fingerprint density at radius 2 is 2.00 bits per heavy atom. The van der Waals surface area contributed by atoms with Crippen LogP contribution in [0.3, 0.4) is 0 Å². The molecule has 5 nitrogen and oxygen atoms in total. The highest BCUT2D eigenvalue weighted by Gasteiger charge is 2.29. The molecule has 118 valence electrons. The number of aryl methyl sites for hydroxylation is 1. The first-order valence-corrected chi connectivity index (χ1v) is 6.55. The van der Waals surface area contributed by atoms with Crippen LogP contribution in [0, 0.1) is 0 Å². The van der Waals surface area contributed by atoms with Crippen molar-refractivity contribution < 1.29 is 22.7 Å². The van der Waals surface area contributed by atoms with Gasteiger partial charge in [0.05, 0.1) is 10.9 Å². The van der Waals surface area contributed by atoms with Crippen LogP contribution in [0.25, 0.3) is 10.9 Å². The average molecular weight is 314 g/mol. The topological polar surface area (TPSA) is 72.0 Å². The number of benzene rings is 1. The lowest BCUT2D eigenvalue weighted by Crippen LogP contribution is -2.20. The number of alkyl halides is 3. The Morgan fingerprint density at radius 1 is 1.27 bits per heavy atom. The largest absolute Gasteiger partial charge is 0.456 e. The molecule has 0 atom stereocenters. The fourth-order valence-corrected chi connectivity index (χ4v) is 1.89. The number of aromatic nitrogens is 2. The Balaban J connectivity index is 1.90. The summed E-state index contributed by atoms with van der Waals surface area (Å²) >= 11 is 0. The maximum atomic E-state index is 11.9. The van der Waals surface area contributed by atoms with Crippen molar-refractivity contribution in [3.8, 4) is 0 Å². The van der Waals surface area contributed by atoms with Gasteiger partial charge in [-0.1, -0.05) is 12.1 Å². The van der Waals surface area contributed by atoms with Gasteiger partial charge in [-0.2, -0.15) is 13.2 Å². The monoisotopic (exact) mass is 314 g/mol. The van der Waals surface area contributed by atoms with E-state index in [0.29, 0.717) is 16.7 Å². The standard InChI is InChI=1S/C14H13F3N2O3/c15-14(16,17)8-22-12(20)7-3-6-11-18-10-5-2-1-4-9(10)13(21)19-11/h1-2,4-5H,3,6-8H2,(H,18,19,21). The zero-order valence-electron chi connectivity index (χ0n) is 11.4. The Labute approximate surface area is 123 Å². The van der Waals surface area contributed by atoms with Crippen LogP contribution in [0.5, 0.6) is 0 Å². The summed E-state index contributed by atoms with van der Waals surface area (Å²) in [7, 11) is 0. The summed E-state index contributed by atoms with van der Waals surface area (Å²) in [6, 6.07) is 6.79. The van der Waals surface area contributed by atoms with Crippen LogP contribution in [0.15, 0.2) is 29.1 Å². The van der Waals surface area contributed by atoms with Crippen molar-refractivity contribution in [2.24, 2.45) is 0 Å². The SMILES string of the molecule is O=C(CCCc1nc2ccccc2c(=O)[nH]1)OCC(F)(F)F. The maximum Gasteiger partial charge on any atom is 0.422 e. The quantitative estimate of drug-likeness (QED) is 0.860. The fraction of sp³-hybridized carbons (Fsp3) is 0.357. The molecule has 1 aromatic heterocycles. The molecule has 0 aliphatic rings. The lowest BCUT2D eigenvalue weighted by Gasteiger charge is -2.07. The molecule has 1 heterocycles. The number of hydrogen-bond acceptors (Lipinski definition) is 4. The predicted octanol–water partition coefficient (Wildman–Crippen LogP) is 2.35. The fourth-order valence-electron chi connectivity index (χ4n) is 1.89. The second kappa shape index (κ2) is 6.59. The van der Waals surface area contributed by atoms with Crippen LogP contribution in [0.4, 0.5) is 13.2 Å². The van der Waals surface area contributed by atoms with E-state index in [0.717, 1.165) is 0 Å². The van der Waals surface area contributed by atoms with Gasteiger partial charge in [-0.05, 0) is 18.6 Å². The van der Waals surface area contributed by atoms with Gasteiger partial charge in [0.1, 0.15) is 5.82 Å². The molecular formula is C14H13F3N2O3. The zero-order chi connectivity index (χ0) is 16.2. The summed E-state index contributed by atoms with van der Waals surface area (Å²) in [4.78, 5) is 29.8. The third-order valence-corrected chi connectivity index (χ3v) is 2.85. The molecule has 0 unspecified atom stereocenters. The van der Waals surface area contributed by atoms with E-state index in [1.165, 1.54) is 0 Å². The first-order valence-electron chi connectivity index (χ1n) is 6.55. The van der Waals surface area contributed by atoms with Gasteiger partial charge in [0.25, 0.3) is 5.56 Å². The van der Waals surface area contributed by atoms with E-state index in [4.69, 9.17) is 0 Å². The van der Waals surface area contributed by atoms with Gasteiger partial charge in [-0.25, -0.2) is 4.98 Å². The van der Waals surface area contributed by atoms with Crippen LogP contribution < -0.4 is 5.56 Å².